The molecule has 106 valence electrons. The van der Waals surface area contributed by atoms with Crippen molar-refractivity contribution in [1.82, 2.24) is 29.7 Å². The van der Waals surface area contributed by atoms with Crippen molar-refractivity contribution in [2.75, 3.05) is 12.4 Å². The summed E-state index contributed by atoms with van der Waals surface area (Å²) < 4.78 is 2.07. The van der Waals surface area contributed by atoms with Crippen LogP contribution in [-0.4, -0.2) is 53.8 Å². The minimum Gasteiger partial charge on any atom is -0.480 e. The molecule has 0 aliphatic carbocycles. The van der Waals surface area contributed by atoms with Crippen molar-refractivity contribution in [1.29, 1.82) is 0 Å². The Bertz CT molecular complexity index is 723. The van der Waals surface area contributed by atoms with Crippen LogP contribution in [0.15, 0.2) is 11.1 Å². The molecule has 0 atom stereocenters. The number of hydrogen-bond acceptors (Lipinski definition) is 6. The summed E-state index contributed by atoms with van der Waals surface area (Å²) in [6.07, 6.45) is 1.12. The lowest BCUT2D eigenvalue weighted by atomic mass is 10.4. The van der Waals surface area contributed by atoms with Gasteiger partial charge >= 0.3 is 11.7 Å². The van der Waals surface area contributed by atoms with E-state index in [1.807, 2.05) is 0 Å². The Morgan fingerprint density at radius 3 is 2.85 bits per heavy atom. The van der Waals surface area contributed by atoms with Crippen molar-refractivity contribution in [3.05, 3.63) is 22.5 Å². The lowest BCUT2D eigenvalue weighted by Gasteiger charge is -2.01. The summed E-state index contributed by atoms with van der Waals surface area (Å²) in [6, 6.07) is 0. The Labute approximate surface area is 116 Å². The number of hydrogen-bond donors (Lipinski definition) is 2. The second-order valence-corrected chi connectivity index (χ2v) is 4.03. The van der Waals surface area contributed by atoms with Gasteiger partial charge in [0.2, 0.25) is 0 Å². The van der Waals surface area contributed by atoms with Crippen molar-refractivity contribution in [2.45, 2.75) is 6.54 Å². The molecule has 20 heavy (non-hydrogen) atoms. The summed E-state index contributed by atoms with van der Waals surface area (Å²) >= 11 is 5.51. The summed E-state index contributed by atoms with van der Waals surface area (Å²) in [6.45, 7) is -0.392. The van der Waals surface area contributed by atoms with E-state index < -0.39 is 24.1 Å². The number of nitrogens with zero attached hydrogens (tertiary/aromatic N) is 5. The van der Waals surface area contributed by atoms with Gasteiger partial charge in [-0.1, -0.05) is 5.21 Å². The van der Waals surface area contributed by atoms with Crippen molar-refractivity contribution in [3.8, 4) is 0 Å². The van der Waals surface area contributed by atoms with Gasteiger partial charge in [-0.3, -0.25) is 9.59 Å². The predicted octanol–water partition coefficient (Wildman–Crippen LogP) is -1.66. The van der Waals surface area contributed by atoms with E-state index in [1.54, 1.807) is 0 Å². The van der Waals surface area contributed by atoms with E-state index >= 15 is 0 Å². The second kappa shape index (κ2) is 5.65. The van der Waals surface area contributed by atoms with Crippen molar-refractivity contribution >= 4 is 29.1 Å². The van der Waals surface area contributed by atoms with Crippen molar-refractivity contribution in [2.24, 2.45) is 0 Å². The normalized spacial score (nSPS) is 10.7. The molecule has 0 aliphatic rings. The summed E-state index contributed by atoms with van der Waals surface area (Å²) in [5, 5.41) is 17.9. The quantitative estimate of drug-likeness (QED) is 0.632. The lowest BCUT2D eigenvalue weighted by molar-refractivity contribution is -0.135. The molecule has 1 amide bonds. The number of rotatable bonds is 5. The highest BCUT2D eigenvalue weighted by Gasteiger charge is 2.17. The summed E-state index contributed by atoms with van der Waals surface area (Å²) in [4.78, 5) is 37.7. The average molecular weight is 301 g/mol. The molecule has 2 heterocycles. The van der Waals surface area contributed by atoms with Crippen LogP contribution < -0.4 is 11.0 Å². The number of fused-ring (bicyclic) bond motifs is 1. The number of aliphatic carboxylic acids is 1. The van der Waals surface area contributed by atoms with Crippen LogP contribution in [0.1, 0.15) is 10.5 Å². The number of halogens is 1. The highest BCUT2D eigenvalue weighted by Crippen LogP contribution is 2.02. The Morgan fingerprint density at radius 2 is 2.20 bits per heavy atom. The molecule has 2 N–H and O–H groups in total. The van der Waals surface area contributed by atoms with Gasteiger partial charge in [0.1, 0.15) is 12.9 Å². The zero-order chi connectivity index (χ0) is 14.7. The summed E-state index contributed by atoms with van der Waals surface area (Å²) in [7, 11) is 0. The molecule has 0 aromatic carbocycles. The van der Waals surface area contributed by atoms with E-state index in [-0.39, 0.29) is 23.8 Å². The van der Waals surface area contributed by atoms with Gasteiger partial charge in [0.25, 0.3) is 5.91 Å². The number of aryl methyl sites for hydroxylation is 1. The topological polar surface area (TPSA) is 131 Å². The van der Waals surface area contributed by atoms with E-state index in [2.05, 4.69) is 20.6 Å². The van der Waals surface area contributed by atoms with E-state index in [1.165, 1.54) is 0 Å². The molecule has 0 saturated carbocycles. The Kier molecular flexibility index (Phi) is 3.94. The molecular formula is C9H9ClN6O4. The van der Waals surface area contributed by atoms with Gasteiger partial charge in [-0.25, -0.2) is 14.2 Å². The minimum absolute atomic E-state index is 0.0521. The molecule has 0 spiro atoms. The van der Waals surface area contributed by atoms with Crippen LogP contribution in [0.25, 0.3) is 5.65 Å². The number of alkyl halides is 1. The molecule has 0 saturated heterocycles. The summed E-state index contributed by atoms with van der Waals surface area (Å²) in [5.74, 6) is -1.77. The number of aromatic nitrogens is 5. The summed E-state index contributed by atoms with van der Waals surface area (Å²) in [5.41, 5.74) is -0.766. The molecule has 11 heteroatoms. The number of carboxylic acids is 1. The van der Waals surface area contributed by atoms with Gasteiger partial charge in [0, 0.05) is 5.88 Å². The first-order valence-electron chi connectivity index (χ1n) is 5.41. The number of nitrogens with one attached hydrogen (secondary N) is 1. The van der Waals surface area contributed by atoms with Gasteiger partial charge in [-0.05, 0) is 0 Å². The van der Waals surface area contributed by atoms with Crippen LogP contribution in [0.5, 0.6) is 0 Å². The molecule has 0 radical (unpaired) electrons. The third kappa shape index (κ3) is 2.59. The number of carbonyl (C=O) groups is 2. The SMILES string of the molecule is O=C(O)CNC(=O)c1ncn2c(=O)n(CCCl)nnc12. The van der Waals surface area contributed by atoms with E-state index in [0.717, 1.165) is 15.4 Å². The standard InChI is InChI=1S/C9H9ClN6O4/c10-1-2-16-9(20)15-4-12-6(7(15)13-14-16)8(19)11-3-5(17)18/h4H,1-3H2,(H,11,19)(H,17,18). The van der Waals surface area contributed by atoms with Gasteiger partial charge in [-0.2, -0.15) is 4.68 Å². The molecule has 0 bridgehead atoms. The van der Waals surface area contributed by atoms with E-state index in [4.69, 9.17) is 16.7 Å². The maximum atomic E-state index is 11.9. The fourth-order valence-corrected chi connectivity index (χ4v) is 1.62. The highest BCUT2D eigenvalue weighted by atomic mass is 35.5. The monoisotopic (exact) mass is 300 g/mol. The zero-order valence-electron chi connectivity index (χ0n) is 9.98. The lowest BCUT2D eigenvalue weighted by Crippen LogP contribution is -2.32. The molecule has 2 aromatic rings. The van der Waals surface area contributed by atoms with Crippen molar-refractivity contribution < 1.29 is 14.7 Å². The fourth-order valence-electron chi connectivity index (χ4n) is 1.46. The largest absolute Gasteiger partial charge is 0.480 e. The smallest absolute Gasteiger partial charge is 0.353 e. The van der Waals surface area contributed by atoms with E-state index in [9.17, 15) is 14.4 Å². The maximum absolute atomic E-state index is 11.9. The van der Waals surface area contributed by atoms with Crippen LogP contribution in [0, 0.1) is 0 Å². The van der Waals surface area contributed by atoms with Gasteiger partial charge in [0.05, 0.1) is 6.54 Å². The van der Waals surface area contributed by atoms with E-state index in [0.29, 0.717) is 0 Å². The third-order valence-electron chi connectivity index (χ3n) is 2.33. The fraction of sp³-hybridized carbons (Fsp3) is 0.333. The maximum Gasteiger partial charge on any atom is 0.353 e. The first-order chi connectivity index (χ1) is 9.54. The minimum atomic E-state index is -1.20. The first-order valence-corrected chi connectivity index (χ1v) is 5.95. The average Bonchev–Trinajstić information content (AvgIpc) is 2.84. The van der Waals surface area contributed by atoms with Crippen LogP contribution in [0.3, 0.4) is 0 Å². The molecule has 2 rings (SSSR count). The number of carbonyl (C=O) groups excluding carboxylic acids is 1. The first kappa shape index (κ1) is 13.9. The highest BCUT2D eigenvalue weighted by molar-refractivity contribution is 6.17. The van der Waals surface area contributed by atoms with Gasteiger partial charge in [-0.15, -0.1) is 16.7 Å². The molecule has 0 unspecified atom stereocenters. The Morgan fingerprint density at radius 1 is 1.45 bits per heavy atom. The van der Waals surface area contributed by atoms with Crippen LogP contribution in [0.2, 0.25) is 0 Å². The third-order valence-corrected chi connectivity index (χ3v) is 2.50. The van der Waals surface area contributed by atoms with Crippen molar-refractivity contribution in [3.63, 3.8) is 0 Å². The number of amides is 1. The molecule has 0 aliphatic heterocycles. The second-order valence-electron chi connectivity index (χ2n) is 3.65. The van der Waals surface area contributed by atoms with Crippen LogP contribution in [-0.2, 0) is 11.3 Å². The molecular weight excluding hydrogens is 292 g/mol. The van der Waals surface area contributed by atoms with Crippen LogP contribution in [0.4, 0.5) is 0 Å². The molecule has 0 fully saturated rings. The molecule has 2 aromatic heterocycles. The molecule has 10 nitrogen and oxygen atoms in total. The number of imidazole rings is 1. The predicted molar refractivity (Wildman–Crippen MR) is 65.7 cm³/mol. The van der Waals surface area contributed by atoms with Crippen LogP contribution >= 0.6 is 11.6 Å². The zero-order valence-corrected chi connectivity index (χ0v) is 10.7. The Hall–Kier alpha value is -2.49. The van der Waals surface area contributed by atoms with Gasteiger partial charge < -0.3 is 10.4 Å². The Balaban J connectivity index is 2.38. The number of carboxylic acid groups (broad SMARTS) is 1. The van der Waals surface area contributed by atoms with Gasteiger partial charge in [0.15, 0.2) is 11.3 Å².